The molecule has 1 atom stereocenters. The minimum absolute atomic E-state index is 0.0463. The van der Waals surface area contributed by atoms with Gasteiger partial charge in [-0.1, -0.05) is 30.3 Å². The number of piperidine rings is 1. The fourth-order valence-electron chi connectivity index (χ4n) is 4.42. The molecule has 0 saturated carbocycles. The Morgan fingerprint density at radius 2 is 1.76 bits per heavy atom. The van der Waals surface area contributed by atoms with Crippen LogP contribution in [-0.4, -0.2) is 46.0 Å². The Hall–Kier alpha value is -2.86. The van der Waals surface area contributed by atoms with Gasteiger partial charge in [0.25, 0.3) is 0 Å². The van der Waals surface area contributed by atoms with Crippen molar-refractivity contribution in [1.29, 1.82) is 0 Å². The van der Waals surface area contributed by atoms with Crippen LogP contribution in [-0.2, 0) is 4.79 Å². The maximum Gasteiger partial charge on any atom is 0.326 e. The van der Waals surface area contributed by atoms with Crippen LogP contribution in [0.2, 0.25) is 0 Å². The maximum absolute atomic E-state index is 13.1. The quantitative estimate of drug-likeness (QED) is 0.724. The smallest absolute Gasteiger partial charge is 0.311 e. The molecule has 0 unspecified atom stereocenters. The fraction of sp³-hybridized carbons (Fsp3) is 0.391. The predicted octanol–water partition coefficient (Wildman–Crippen LogP) is 3.41. The lowest BCUT2D eigenvalue weighted by molar-refractivity contribution is -0.123. The number of carbonyl (C=O) groups is 1. The molecule has 6 nitrogen and oxygen atoms in total. The molecule has 4 rings (SSSR count). The van der Waals surface area contributed by atoms with Gasteiger partial charge in [-0.25, -0.2) is 4.79 Å². The minimum atomic E-state index is -0.184. The Labute approximate surface area is 170 Å². The van der Waals surface area contributed by atoms with E-state index in [-0.39, 0.29) is 23.7 Å². The molecule has 2 heterocycles. The Bertz CT molecular complexity index is 1030. The molecule has 0 aliphatic carbocycles. The van der Waals surface area contributed by atoms with E-state index in [0.717, 1.165) is 42.7 Å². The van der Waals surface area contributed by atoms with Crippen molar-refractivity contribution in [3.8, 4) is 0 Å². The summed E-state index contributed by atoms with van der Waals surface area (Å²) in [5.74, 6) is 0.126. The molecular weight excluding hydrogens is 364 g/mol. The maximum atomic E-state index is 13.1. The largest absolute Gasteiger partial charge is 0.326 e. The predicted molar refractivity (Wildman–Crippen MR) is 116 cm³/mol. The number of anilines is 1. The molecule has 1 saturated heterocycles. The molecule has 1 amide bonds. The Kier molecular flexibility index (Phi) is 5.53. The van der Waals surface area contributed by atoms with Crippen LogP contribution in [0.1, 0.15) is 32.7 Å². The van der Waals surface area contributed by atoms with E-state index in [2.05, 4.69) is 9.88 Å². The third kappa shape index (κ3) is 3.72. The van der Waals surface area contributed by atoms with Crippen molar-refractivity contribution in [2.45, 2.75) is 38.8 Å². The molecule has 1 fully saturated rings. The van der Waals surface area contributed by atoms with E-state index in [9.17, 15) is 9.59 Å². The number of para-hydroxylation sites is 3. The van der Waals surface area contributed by atoms with Crippen molar-refractivity contribution in [2.75, 3.05) is 24.5 Å². The standard InChI is InChI=1S/C23H28N4O2/c1-3-26(18-9-5-4-6-10-18)22(28)17(2)25-15-13-19(14-16-25)27-21-12-8-7-11-20(21)24-23(27)29/h4-12,17,19H,3,13-16H2,1-2H3,(H,24,29)/t17-/m0/s1. The molecule has 1 N–H and O–H groups in total. The number of amides is 1. The van der Waals surface area contributed by atoms with Gasteiger partial charge in [-0.2, -0.15) is 0 Å². The summed E-state index contributed by atoms with van der Waals surface area (Å²) in [5.41, 5.74) is 2.73. The van der Waals surface area contributed by atoms with Crippen LogP contribution >= 0.6 is 0 Å². The third-order valence-electron chi connectivity index (χ3n) is 6.04. The second kappa shape index (κ2) is 8.25. The molecule has 29 heavy (non-hydrogen) atoms. The fourth-order valence-corrected chi connectivity index (χ4v) is 4.42. The van der Waals surface area contributed by atoms with Crippen LogP contribution in [0.4, 0.5) is 5.69 Å². The van der Waals surface area contributed by atoms with E-state index < -0.39 is 0 Å². The number of aromatic nitrogens is 2. The average molecular weight is 393 g/mol. The number of likely N-dealkylation sites (tertiary alicyclic amines) is 1. The number of imidazole rings is 1. The zero-order valence-corrected chi connectivity index (χ0v) is 17.0. The first-order chi connectivity index (χ1) is 14.1. The summed E-state index contributed by atoms with van der Waals surface area (Å²) in [6.07, 6.45) is 1.72. The summed E-state index contributed by atoms with van der Waals surface area (Å²) >= 11 is 0. The molecule has 3 aromatic rings. The number of aromatic amines is 1. The zero-order valence-electron chi connectivity index (χ0n) is 17.0. The van der Waals surface area contributed by atoms with E-state index in [4.69, 9.17) is 0 Å². The van der Waals surface area contributed by atoms with E-state index in [0.29, 0.717) is 6.54 Å². The summed E-state index contributed by atoms with van der Waals surface area (Å²) in [6.45, 7) is 6.25. The second-order valence-electron chi connectivity index (χ2n) is 7.68. The third-order valence-corrected chi connectivity index (χ3v) is 6.04. The monoisotopic (exact) mass is 392 g/mol. The molecule has 1 aliphatic rings. The Morgan fingerprint density at radius 3 is 2.45 bits per heavy atom. The van der Waals surface area contributed by atoms with Crippen LogP contribution in [0.5, 0.6) is 0 Å². The number of carbonyl (C=O) groups excluding carboxylic acids is 1. The van der Waals surface area contributed by atoms with Gasteiger partial charge >= 0.3 is 5.69 Å². The topological polar surface area (TPSA) is 61.3 Å². The van der Waals surface area contributed by atoms with Crippen molar-refractivity contribution in [2.24, 2.45) is 0 Å². The number of nitrogens with zero attached hydrogens (tertiary/aromatic N) is 3. The van der Waals surface area contributed by atoms with Gasteiger partial charge in [0.1, 0.15) is 0 Å². The number of hydrogen-bond acceptors (Lipinski definition) is 3. The lowest BCUT2D eigenvalue weighted by Crippen LogP contribution is -2.50. The number of nitrogens with one attached hydrogen (secondary N) is 1. The highest BCUT2D eigenvalue weighted by Crippen LogP contribution is 2.26. The van der Waals surface area contributed by atoms with E-state index in [1.54, 1.807) is 0 Å². The number of rotatable bonds is 5. The van der Waals surface area contributed by atoms with Crippen molar-refractivity contribution in [1.82, 2.24) is 14.5 Å². The highest BCUT2D eigenvalue weighted by atomic mass is 16.2. The van der Waals surface area contributed by atoms with Crippen LogP contribution in [0, 0.1) is 0 Å². The van der Waals surface area contributed by atoms with Gasteiger partial charge in [-0.05, 0) is 51.0 Å². The van der Waals surface area contributed by atoms with Crippen LogP contribution in [0.3, 0.4) is 0 Å². The van der Waals surface area contributed by atoms with E-state index in [1.165, 1.54) is 0 Å². The lowest BCUT2D eigenvalue weighted by Gasteiger charge is -2.37. The Morgan fingerprint density at radius 1 is 1.10 bits per heavy atom. The molecule has 0 bridgehead atoms. The number of benzene rings is 2. The molecule has 0 spiro atoms. The first kappa shape index (κ1) is 19.5. The van der Waals surface area contributed by atoms with Gasteiger partial charge < -0.3 is 9.88 Å². The van der Waals surface area contributed by atoms with Gasteiger partial charge in [-0.15, -0.1) is 0 Å². The first-order valence-corrected chi connectivity index (χ1v) is 10.4. The van der Waals surface area contributed by atoms with Gasteiger partial charge in [0.05, 0.1) is 17.1 Å². The van der Waals surface area contributed by atoms with Gasteiger partial charge in [0.15, 0.2) is 0 Å². The highest BCUT2D eigenvalue weighted by molar-refractivity contribution is 5.96. The van der Waals surface area contributed by atoms with Gasteiger partial charge in [-0.3, -0.25) is 14.3 Å². The molecule has 1 aliphatic heterocycles. The number of H-pyrrole nitrogens is 1. The van der Waals surface area contributed by atoms with Gasteiger partial charge in [0, 0.05) is 31.4 Å². The van der Waals surface area contributed by atoms with Gasteiger partial charge in [0.2, 0.25) is 5.91 Å². The normalized spacial score (nSPS) is 16.8. The first-order valence-electron chi connectivity index (χ1n) is 10.4. The molecule has 2 aromatic carbocycles. The van der Waals surface area contributed by atoms with Crippen molar-refractivity contribution in [3.63, 3.8) is 0 Å². The number of likely N-dealkylation sites (N-methyl/N-ethyl adjacent to an activating group) is 1. The summed E-state index contributed by atoms with van der Waals surface area (Å²) in [7, 11) is 0. The lowest BCUT2D eigenvalue weighted by atomic mass is 10.0. The van der Waals surface area contributed by atoms with Crippen LogP contribution < -0.4 is 10.6 Å². The number of hydrogen-bond donors (Lipinski definition) is 1. The van der Waals surface area contributed by atoms with Crippen LogP contribution in [0.15, 0.2) is 59.4 Å². The van der Waals surface area contributed by atoms with E-state index in [1.807, 2.05) is 77.9 Å². The second-order valence-corrected chi connectivity index (χ2v) is 7.68. The average Bonchev–Trinajstić information content (AvgIpc) is 3.10. The minimum Gasteiger partial charge on any atom is -0.311 e. The van der Waals surface area contributed by atoms with Crippen molar-refractivity contribution in [3.05, 3.63) is 65.1 Å². The van der Waals surface area contributed by atoms with Crippen molar-refractivity contribution >= 4 is 22.6 Å². The Balaban J connectivity index is 1.45. The highest BCUT2D eigenvalue weighted by Gasteiger charge is 2.31. The molecule has 152 valence electrons. The molecular formula is C23H28N4O2. The SMILES string of the molecule is CCN(C(=O)[C@H](C)N1CCC(n2c(=O)[nH]c3ccccc32)CC1)c1ccccc1. The summed E-state index contributed by atoms with van der Waals surface area (Å²) in [5, 5.41) is 0. The van der Waals surface area contributed by atoms with Crippen molar-refractivity contribution < 1.29 is 4.79 Å². The number of fused-ring (bicyclic) bond motifs is 1. The molecule has 0 radical (unpaired) electrons. The summed E-state index contributed by atoms with van der Waals surface area (Å²) in [6, 6.07) is 17.6. The zero-order chi connectivity index (χ0) is 20.4. The summed E-state index contributed by atoms with van der Waals surface area (Å²) in [4.78, 5) is 32.7. The van der Waals surface area contributed by atoms with E-state index >= 15 is 0 Å². The summed E-state index contributed by atoms with van der Waals surface area (Å²) < 4.78 is 1.89. The molecule has 6 heteroatoms. The molecule has 1 aromatic heterocycles. The van der Waals surface area contributed by atoms with Crippen LogP contribution in [0.25, 0.3) is 11.0 Å².